The van der Waals surface area contributed by atoms with E-state index in [1.54, 1.807) is 0 Å². The van der Waals surface area contributed by atoms with Crippen LogP contribution in [-0.2, 0) is 0 Å². The topological polar surface area (TPSA) is 6.48 Å². The lowest BCUT2D eigenvalue weighted by Gasteiger charge is -2.33. The Kier molecular flexibility index (Phi) is 3.93. The van der Waals surface area contributed by atoms with E-state index in [0.717, 1.165) is 0 Å². The first-order valence-electron chi connectivity index (χ1n) is 8.29. The van der Waals surface area contributed by atoms with Gasteiger partial charge in [-0.3, -0.25) is 0 Å². The minimum atomic E-state index is 0.273. The van der Waals surface area contributed by atoms with Gasteiger partial charge in [-0.25, -0.2) is 0 Å². The highest BCUT2D eigenvalue weighted by molar-refractivity contribution is 5.69. The monoisotopic (exact) mass is 306 g/mol. The molecule has 0 amide bonds. The van der Waals surface area contributed by atoms with Crippen LogP contribution in [0, 0.1) is 34.6 Å². The minimum absolute atomic E-state index is 0.273. The quantitative estimate of drug-likeness (QED) is 0.735. The highest BCUT2D eigenvalue weighted by atomic mass is 15.4. The van der Waals surface area contributed by atoms with E-state index in [2.05, 4.69) is 94.1 Å². The number of anilines is 2. The van der Waals surface area contributed by atoms with E-state index in [0.29, 0.717) is 0 Å². The first kappa shape index (κ1) is 15.7. The molecule has 2 aromatic carbocycles. The Balaban J connectivity index is 2.01. The van der Waals surface area contributed by atoms with E-state index in [-0.39, 0.29) is 6.17 Å². The molecule has 0 spiro atoms. The summed E-state index contributed by atoms with van der Waals surface area (Å²) in [4.78, 5) is 4.76. The van der Waals surface area contributed by atoms with Crippen molar-refractivity contribution in [3.63, 3.8) is 0 Å². The third kappa shape index (κ3) is 2.63. The molecule has 3 rings (SSSR count). The first-order valence-corrected chi connectivity index (χ1v) is 8.29. The van der Waals surface area contributed by atoms with Crippen molar-refractivity contribution in [2.24, 2.45) is 0 Å². The molecule has 0 saturated carbocycles. The molecule has 1 heterocycles. The predicted molar refractivity (Wildman–Crippen MR) is 100 cm³/mol. The average Bonchev–Trinajstić information content (AvgIpc) is 2.80. The van der Waals surface area contributed by atoms with Crippen LogP contribution >= 0.6 is 0 Å². The van der Waals surface area contributed by atoms with Crippen molar-refractivity contribution in [1.82, 2.24) is 0 Å². The Hall–Kier alpha value is -2.22. The summed E-state index contributed by atoms with van der Waals surface area (Å²) in [6, 6.07) is 11.0. The molecule has 0 radical (unpaired) electrons. The number of hydrogen-bond donors (Lipinski definition) is 0. The van der Waals surface area contributed by atoms with Crippen LogP contribution < -0.4 is 9.80 Å². The summed E-state index contributed by atoms with van der Waals surface area (Å²) in [6.07, 6.45) is 4.69. The van der Waals surface area contributed by atoms with Crippen molar-refractivity contribution in [1.29, 1.82) is 0 Å². The maximum absolute atomic E-state index is 2.38. The zero-order chi connectivity index (χ0) is 16.7. The smallest absolute Gasteiger partial charge is 0.107 e. The second kappa shape index (κ2) is 5.77. The van der Waals surface area contributed by atoms with Crippen molar-refractivity contribution < 1.29 is 0 Å². The van der Waals surface area contributed by atoms with Gasteiger partial charge in [0.25, 0.3) is 0 Å². The van der Waals surface area contributed by atoms with Crippen LogP contribution in [0.5, 0.6) is 0 Å². The zero-order valence-corrected chi connectivity index (χ0v) is 15.0. The van der Waals surface area contributed by atoms with Gasteiger partial charge in [0.15, 0.2) is 0 Å². The van der Waals surface area contributed by atoms with Crippen LogP contribution in [0.4, 0.5) is 11.4 Å². The Morgan fingerprint density at radius 1 is 0.696 bits per heavy atom. The van der Waals surface area contributed by atoms with Gasteiger partial charge in [-0.15, -0.1) is 0 Å². The SMILES string of the molecule is Cc1cc(C)c(N2C=CN(c3c(C)cccc3C)C2C)c(C)c1. The highest BCUT2D eigenvalue weighted by Gasteiger charge is 2.27. The number of nitrogens with zero attached hydrogens (tertiary/aromatic N) is 2. The Morgan fingerprint density at radius 3 is 1.61 bits per heavy atom. The second-order valence-corrected chi connectivity index (χ2v) is 6.73. The van der Waals surface area contributed by atoms with Gasteiger partial charge in [0.1, 0.15) is 6.17 Å². The van der Waals surface area contributed by atoms with Crippen LogP contribution in [0.3, 0.4) is 0 Å². The predicted octanol–water partition coefficient (Wildman–Crippen LogP) is 5.37. The molecule has 0 fully saturated rings. The fourth-order valence-corrected chi connectivity index (χ4v) is 3.84. The minimum Gasteiger partial charge on any atom is -0.325 e. The fraction of sp³-hybridized carbons (Fsp3) is 0.333. The molecule has 1 atom stereocenters. The molecule has 0 saturated heterocycles. The Bertz CT molecular complexity index is 730. The van der Waals surface area contributed by atoms with E-state index < -0.39 is 0 Å². The van der Waals surface area contributed by atoms with E-state index in [4.69, 9.17) is 0 Å². The summed E-state index contributed by atoms with van der Waals surface area (Å²) in [5, 5.41) is 0. The zero-order valence-electron chi connectivity index (χ0n) is 15.0. The lowest BCUT2D eigenvalue weighted by molar-refractivity contribution is 0.743. The normalized spacial score (nSPS) is 17.2. The third-order valence-corrected chi connectivity index (χ3v) is 4.78. The molecule has 2 aromatic rings. The molecule has 23 heavy (non-hydrogen) atoms. The van der Waals surface area contributed by atoms with Gasteiger partial charge in [-0.05, 0) is 63.8 Å². The molecule has 0 bridgehead atoms. The van der Waals surface area contributed by atoms with Crippen LogP contribution in [0.1, 0.15) is 34.7 Å². The summed E-state index contributed by atoms with van der Waals surface area (Å²) >= 11 is 0. The number of benzene rings is 2. The van der Waals surface area contributed by atoms with Gasteiger partial charge in [0.05, 0.1) is 0 Å². The molecule has 1 unspecified atom stereocenters. The molecule has 0 aliphatic carbocycles. The van der Waals surface area contributed by atoms with Gasteiger partial charge < -0.3 is 9.80 Å². The maximum atomic E-state index is 2.38. The van der Waals surface area contributed by atoms with Crippen molar-refractivity contribution in [3.8, 4) is 0 Å². The van der Waals surface area contributed by atoms with Crippen molar-refractivity contribution >= 4 is 11.4 Å². The molecule has 0 aromatic heterocycles. The van der Waals surface area contributed by atoms with E-state index in [9.17, 15) is 0 Å². The van der Waals surface area contributed by atoms with Crippen LogP contribution in [-0.4, -0.2) is 6.17 Å². The van der Waals surface area contributed by atoms with Gasteiger partial charge in [-0.1, -0.05) is 35.9 Å². The van der Waals surface area contributed by atoms with Gasteiger partial charge >= 0.3 is 0 Å². The molecular formula is C21H26N2. The average molecular weight is 306 g/mol. The molecule has 1 aliphatic rings. The van der Waals surface area contributed by atoms with Gasteiger partial charge in [0, 0.05) is 23.8 Å². The van der Waals surface area contributed by atoms with E-state index in [1.165, 1.54) is 39.2 Å². The molecule has 2 nitrogen and oxygen atoms in total. The Morgan fingerprint density at radius 2 is 1.13 bits per heavy atom. The number of rotatable bonds is 2. The standard InChI is InChI=1S/C21H26N2/c1-14-12-17(4)21(18(5)13-14)23-11-10-22(19(23)6)20-15(2)8-7-9-16(20)3/h7-13,19H,1-6H3. The number of para-hydroxylation sites is 1. The maximum Gasteiger partial charge on any atom is 0.107 e. The number of hydrogen-bond acceptors (Lipinski definition) is 2. The van der Waals surface area contributed by atoms with Crippen LogP contribution in [0.15, 0.2) is 42.7 Å². The fourth-order valence-electron chi connectivity index (χ4n) is 3.84. The molecule has 120 valence electrons. The van der Waals surface area contributed by atoms with Crippen LogP contribution in [0.2, 0.25) is 0 Å². The van der Waals surface area contributed by atoms with Gasteiger partial charge in [-0.2, -0.15) is 0 Å². The van der Waals surface area contributed by atoms with Crippen LogP contribution in [0.25, 0.3) is 0 Å². The first-order chi connectivity index (χ1) is 10.9. The lowest BCUT2D eigenvalue weighted by atomic mass is 10.0. The summed E-state index contributed by atoms with van der Waals surface area (Å²) in [7, 11) is 0. The van der Waals surface area contributed by atoms with Crippen molar-refractivity contribution in [2.75, 3.05) is 9.80 Å². The van der Waals surface area contributed by atoms with E-state index >= 15 is 0 Å². The molecule has 1 aliphatic heterocycles. The largest absolute Gasteiger partial charge is 0.325 e. The summed E-state index contributed by atoms with van der Waals surface area (Å²) in [5.41, 5.74) is 9.28. The van der Waals surface area contributed by atoms with Crippen molar-refractivity contribution in [2.45, 2.75) is 47.7 Å². The summed E-state index contributed by atoms with van der Waals surface area (Å²) < 4.78 is 0. The van der Waals surface area contributed by atoms with Crippen molar-refractivity contribution in [3.05, 3.63) is 70.5 Å². The number of aryl methyl sites for hydroxylation is 5. The Labute approximate surface area is 140 Å². The lowest BCUT2D eigenvalue weighted by Crippen LogP contribution is -2.37. The summed E-state index contributed by atoms with van der Waals surface area (Å²) in [5.74, 6) is 0. The molecular weight excluding hydrogens is 280 g/mol. The van der Waals surface area contributed by atoms with Gasteiger partial charge in [0.2, 0.25) is 0 Å². The molecule has 0 N–H and O–H groups in total. The highest BCUT2D eigenvalue weighted by Crippen LogP contribution is 2.36. The molecule has 2 heteroatoms. The second-order valence-electron chi connectivity index (χ2n) is 6.73. The van der Waals surface area contributed by atoms with E-state index in [1.807, 2.05) is 0 Å². The summed E-state index contributed by atoms with van der Waals surface area (Å²) in [6.45, 7) is 13.2. The third-order valence-electron chi connectivity index (χ3n) is 4.78.